The van der Waals surface area contributed by atoms with Gasteiger partial charge in [0.2, 0.25) is 5.91 Å². The summed E-state index contributed by atoms with van der Waals surface area (Å²) in [7, 11) is 0. The number of aromatic nitrogens is 2. The Hall–Kier alpha value is -2.14. The molecule has 2 N–H and O–H groups in total. The van der Waals surface area contributed by atoms with E-state index in [0.717, 1.165) is 38.9 Å². The molecule has 1 aromatic heterocycles. The van der Waals surface area contributed by atoms with Gasteiger partial charge in [-0.05, 0) is 62.2 Å². The number of nitrogens with zero attached hydrogens (tertiary/aromatic N) is 2. The monoisotopic (exact) mass is 352 g/mol. The summed E-state index contributed by atoms with van der Waals surface area (Å²) in [4.78, 5) is 13.3. The normalized spacial score (nSPS) is 20.9. The Morgan fingerprint density at radius 2 is 1.88 bits per heavy atom. The summed E-state index contributed by atoms with van der Waals surface area (Å²) in [6, 6.07) is 12.5. The largest absolute Gasteiger partial charge is 0.353 e. The van der Waals surface area contributed by atoms with Gasteiger partial charge in [-0.3, -0.25) is 9.48 Å². The van der Waals surface area contributed by atoms with E-state index < -0.39 is 5.54 Å². The van der Waals surface area contributed by atoms with Gasteiger partial charge in [0.15, 0.2) is 0 Å². The Bertz CT molecular complexity index is 716. The number of carbonyl (C=O) groups excluding carboxylic acids is 1. The van der Waals surface area contributed by atoms with Crippen molar-refractivity contribution in [1.82, 2.24) is 20.4 Å². The fraction of sp³-hybridized carbons (Fsp3) is 0.524. The second-order valence-corrected chi connectivity index (χ2v) is 7.93. The van der Waals surface area contributed by atoms with Crippen molar-refractivity contribution in [2.75, 3.05) is 19.6 Å². The average Bonchev–Trinajstić information content (AvgIpc) is 3.20. The summed E-state index contributed by atoms with van der Waals surface area (Å²) in [5.41, 5.74) is 1.03. The van der Waals surface area contributed by atoms with Crippen molar-refractivity contribution in [2.45, 2.75) is 44.1 Å². The van der Waals surface area contributed by atoms with Crippen molar-refractivity contribution in [3.63, 3.8) is 0 Å². The number of nitrogens with one attached hydrogen (secondary N) is 2. The molecule has 0 atom stereocenters. The van der Waals surface area contributed by atoms with Gasteiger partial charge < -0.3 is 10.6 Å². The van der Waals surface area contributed by atoms with Gasteiger partial charge in [-0.2, -0.15) is 5.10 Å². The van der Waals surface area contributed by atoms with Crippen molar-refractivity contribution in [3.8, 4) is 0 Å². The average molecular weight is 352 g/mol. The predicted octanol–water partition coefficient (Wildman–Crippen LogP) is 2.49. The van der Waals surface area contributed by atoms with Crippen LogP contribution in [0.15, 0.2) is 48.8 Å². The lowest BCUT2D eigenvalue weighted by Gasteiger charge is -2.44. The lowest BCUT2D eigenvalue weighted by Crippen LogP contribution is -2.56. The van der Waals surface area contributed by atoms with E-state index in [-0.39, 0.29) is 11.3 Å². The summed E-state index contributed by atoms with van der Waals surface area (Å²) in [5, 5.41) is 11.1. The molecule has 1 aliphatic carbocycles. The van der Waals surface area contributed by atoms with Crippen molar-refractivity contribution in [3.05, 3.63) is 54.4 Å². The molecule has 1 aliphatic heterocycles. The van der Waals surface area contributed by atoms with E-state index >= 15 is 0 Å². The van der Waals surface area contributed by atoms with E-state index in [1.165, 1.54) is 24.8 Å². The molecule has 1 saturated carbocycles. The Kier molecular flexibility index (Phi) is 4.81. The molecule has 0 bridgehead atoms. The molecule has 2 aromatic rings. The predicted molar refractivity (Wildman–Crippen MR) is 102 cm³/mol. The third-order valence-electron chi connectivity index (χ3n) is 6.26. The highest BCUT2D eigenvalue weighted by atomic mass is 16.2. The van der Waals surface area contributed by atoms with E-state index in [9.17, 15) is 4.79 Å². The van der Waals surface area contributed by atoms with E-state index in [2.05, 4.69) is 46.1 Å². The van der Waals surface area contributed by atoms with Crippen molar-refractivity contribution >= 4 is 5.91 Å². The molecule has 1 aromatic carbocycles. The fourth-order valence-electron chi connectivity index (χ4n) is 4.48. The van der Waals surface area contributed by atoms with Crippen molar-refractivity contribution < 1.29 is 4.79 Å². The molecule has 5 nitrogen and oxygen atoms in total. The molecule has 26 heavy (non-hydrogen) atoms. The summed E-state index contributed by atoms with van der Waals surface area (Å²) in [5.74, 6) is 0.127. The fourth-order valence-corrected chi connectivity index (χ4v) is 4.48. The Morgan fingerprint density at radius 3 is 2.50 bits per heavy atom. The minimum Gasteiger partial charge on any atom is -0.353 e. The highest BCUT2D eigenvalue weighted by molar-refractivity contribution is 5.84. The Balaban J connectivity index is 1.46. The second kappa shape index (κ2) is 7.23. The van der Waals surface area contributed by atoms with Crippen LogP contribution in [0.25, 0.3) is 0 Å². The van der Waals surface area contributed by atoms with Crippen molar-refractivity contribution in [1.29, 1.82) is 0 Å². The molecular formula is C21H28N4O. The van der Waals surface area contributed by atoms with Crippen LogP contribution in [0.2, 0.25) is 0 Å². The van der Waals surface area contributed by atoms with Crippen LogP contribution in [0.5, 0.6) is 0 Å². The SMILES string of the molecule is O=C(NCC1(Cc2ccccc2)CCC1)C1(n2cccn2)CCNCC1. The topological polar surface area (TPSA) is 59.0 Å². The zero-order valence-electron chi connectivity index (χ0n) is 15.3. The van der Waals surface area contributed by atoms with Gasteiger partial charge in [-0.15, -0.1) is 0 Å². The molecule has 0 spiro atoms. The lowest BCUT2D eigenvalue weighted by atomic mass is 9.65. The molecular weight excluding hydrogens is 324 g/mol. The third-order valence-corrected chi connectivity index (χ3v) is 6.26. The van der Waals surface area contributed by atoms with Gasteiger partial charge in [0.05, 0.1) is 0 Å². The van der Waals surface area contributed by atoms with Gasteiger partial charge in [0.25, 0.3) is 0 Å². The maximum absolute atomic E-state index is 13.3. The highest BCUT2D eigenvalue weighted by Gasteiger charge is 2.44. The van der Waals surface area contributed by atoms with Crippen LogP contribution in [-0.4, -0.2) is 35.3 Å². The van der Waals surface area contributed by atoms with Gasteiger partial charge >= 0.3 is 0 Å². The summed E-state index contributed by atoms with van der Waals surface area (Å²) in [6.45, 7) is 2.46. The molecule has 0 radical (unpaired) electrons. The van der Waals surface area contributed by atoms with Crippen LogP contribution >= 0.6 is 0 Å². The minimum atomic E-state index is -0.549. The number of carbonyl (C=O) groups is 1. The van der Waals surface area contributed by atoms with Crippen LogP contribution in [0.1, 0.15) is 37.7 Å². The molecule has 5 heteroatoms. The zero-order valence-corrected chi connectivity index (χ0v) is 15.3. The molecule has 4 rings (SSSR count). The van der Waals surface area contributed by atoms with E-state index in [0.29, 0.717) is 0 Å². The number of piperidine rings is 1. The number of hydrogen-bond acceptors (Lipinski definition) is 3. The lowest BCUT2D eigenvalue weighted by molar-refractivity contribution is -0.133. The minimum absolute atomic E-state index is 0.127. The van der Waals surface area contributed by atoms with Gasteiger partial charge in [-0.1, -0.05) is 36.8 Å². The summed E-state index contributed by atoms with van der Waals surface area (Å²) >= 11 is 0. The smallest absolute Gasteiger partial charge is 0.248 e. The number of hydrogen-bond donors (Lipinski definition) is 2. The first-order chi connectivity index (χ1) is 12.7. The van der Waals surface area contributed by atoms with Crippen LogP contribution < -0.4 is 10.6 Å². The number of amides is 1. The van der Waals surface area contributed by atoms with Crippen LogP contribution in [0, 0.1) is 5.41 Å². The second-order valence-electron chi connectivity index (χ2n) is 7.93. The maximum Gasteiger partial charge on any atom is 0.248 e. The molecule has 2 fully saturated rings. The molecule has 0 unspecified atom stereocenters. The first kappa shape index (κ1) is 17.3. The van der Waals surface area contributed by atoms with Crippen LogP contribution in [-0.2, 0) is 16.8 Å². The molecule has 1 saturated heterocycles. The van der Waals surface area contributed by atoms with E-state index in [4.69, 9.17) is 0 Å². The Morgan fingerprint density at radius 1 is 1.12 bits per heavy atom. The quantitative estimate of drug-likeness (QED) is 0.840. The first-order valence-corrected chi connectivity index (χ1v) is 9.76. The maximum atomic E-state index is 13.3. The molecule has 1 amide bonds. The van der Waals surface area contributed by atoms with Crippen LogP contribution in [0.4, 0.5) is 0 Å². The van der Waals surface area contributed by atoms with E-state index in [1.807, 2.05) is 16.9 Å². The molecule has 2 heterocycles. The van der Waals surface area contributed by atoms with Crippen molar-refractivity contribution in [2.24, 2.45) is 5.41 Å². The van der Waals surface area contributed by atoms with Crippen LogP contribution in [0.3, 0.4) is 0 Å². The van der Waals surface area contributed by atoms with E-state index in [1.54, 1.807) is 6.20 Å². The summed E-state index contributed by atoms with van der Waals surface area (Å²) in [6.07, 6.45) is 9.95. The van der Waals surface area contributed by atoms with Gasteiger partial charge in [0, 0.05) is 18.9 Å². The standard InChI is InChI=1S/C21H28N4O/c26-19(21(10-13-22-14-11-21)25-15-5-12-24-25)23-17-20(8-4-9-20)16-18-6-2-1-3-7-18/h1-3,5-7,12,15,22H,4,8-11,13-14,16-17H2,(H,23,26). The molecule has 138 valence electrons. The number of benzene rings is 1. The zero-order chi connectivity index (χ0) is 17.9. The third kappa shape index (κ3) is 3.28. The molecule has 2 aliphatic rings. The number of rotatable bonds is 6. The Labute approximate surface area is 155 Å². The highest BCUT2D eigenvalue weighted by Crippen LogP contribution is 2.43. The first-order valence-electron chi connectivity index (χ1n) is 9.76. The van der Waals surface area contributed by atoms with Gasteiger partial charge in [-0.25, -0.2) is 0 Å². The summed E-state index contributed by atoms with van der Waals surface area (Å²) < 4.78 is 1.87. The van der Waals surface area contributed by atoms with Gasteiger partial charge in [0.1, 0.15) is 5.54 Å².